The van der Waals surface area contributed by atoms with Crippen molar-refractivity contribution in [1.82, 2.24) is 5.32 Å². The van der Waals surface area contributed by atoms with Crippen molar-refractivity contribution in [2.45, 2.75) is 88.6 Å². The zero-order chi connectivity index (χ0) is 19.4. The number of hydrogen-bond donors (Lipinski definition) is 4. The van der Waals surface area contributed by atoms with E-state index in [1.807, 2.05) is 26.8 Å². The van der Waals surface area contributed by atoms with Gasteiger partial charge in [0.25, 0.3) is 0 Å². The zero-order valence-corrected chi connectivity index (χ0v) is 16.7. The van der Waals surface area contributed by atoms with E-state index in [2.05, 4.69) is 5.32 Å². The van der Waals surface area contributed by atoms with Crippen molar-refractivity contribution in [3.8, 4) is 11.5 Å². The van der Waals surface area contributed by atoms with Crippen molar-refractivity contribution >= 4 is 0 Å². The van der Waals surface area contributed by atoms with Crippen LogP contribution in [-0.2, 0) is 11.8 Å². The Kier molecular flexibility index (Phi) is 4.68. The second kappa shape index (κ2) is 6.64. The lowest BCUT2D eigenvalue weighted by Crippen LogP contribution is -2.69. The Balaban J connectivity index is 1.80. The Hall–Kier alpha value is -1.30. The second-order valence-corrected chi connectivity index (χ2v) is 8.90. The fourth-order valence-electron chi connectivity index (χ4n) is 5.67. The molecular formula is C22H33NO4. The Morgan fingerprint density at radius 2 is 2.04 bits per heavy atom. The maximum Gasteiger partial charge on any atom is 0.165 e. The zero-order valence-electron chi connectivity index (χ0n) is 16.7. The molecule has 4 rings (SSSR count). The molecule has 0 saturated heterocycles. The number of ether oxygens (including phenoxy) is 1. The lowest BCUT2D eigenvalue weighted by atomic mass is 9.55. The summed E-state index contributed by atoms with van der Waals surface area (Å²) in [6.07, 6.45) is 4.41. The summed E-state index contributed by atoms with van der Waals surface area (Å²) in [5.74, 6) is 1.24. The number of phenols is 1. The summed E-state index contributed by atoms with van der Waals surface area (Å²) in [7, 11) is 0. The van der Waals surface area contributed by atoms with Gasteiger partial charge in [0.1, 0.15) is 6.10 Å². The molecule has 0 aromatic heterocycles. The van der Waals surface area contributed by atoms with Gasteiger partial charge in [0.05, 0.1) is 17.1 Å². The van der Waals surface area contributed by atoms with E-state index in [-0.39, 0.29) is 11.8 Å². The van der Waals surface area contributed by atoms with E-state index in [0.717, 1.165) is 17.7 Å². The van der Waals surface area contributed by atoms with Crippen molar-refractivity contribution < 1.29 is 20.1 Å². The van der Waals surface area contributed by atoms with Crippen LogP contribution in [0.5, 0.6) is 11.5 Å². The smallest absolute Gasteiger partial charge is 0.165 e. The molecule has 5 heteroatoms. The third kappa shape index (κ3) is 2.55. The molecule has 1 aliphatic heterocycles. The van der Waals surface area contributed by atoms with Gasteiger partial charge in [-0.1, -0.05) is 26.3 Å². The average Bonchev–Trinajstić information content (AvgIpc) is 2.98. The van der Waals surface area contributed by atoms with E-state index >= 15 is 0 Å². The number of aliphatic hydroxyl groups excluding tert-OH is 1. The molecule has 150 valence electrons. The molecule has 1 heterocycles. The van der Waals surface area contributed by atoms with E-state index in [1.165, 1.54) is 19.3 Å². The second-order valence-electron chi connectivity index (χ2n) is 8.90. The summed E-state index contributed by atoms with van der Waals surface area (Å²) in [5, 5.41) is 36.7. The molecule has 1 aromatic carbocycles. The van der Waals surface area contributed by atoms with E-state index < -0.39 is 23.2 Å². The Morgan fingerprint density at radius 3 is 2.63 bits per heavy atom. The van der Waals surface area contributed by atoms with Crippen molar-refractivity contribution in [2.24, 2.45) is 5.92 Å². The first kappa shape index (κ1) is 19.0. The topological polar surface area (TPSA) is 82.0 Å². The predicted octanol–water partition coefficient (Wildman–Crippen LogP) is 2.64. The Morgan fingerprint density at radius 1 is 1.30 bits per heavy atom. The minimum Gasteiger partial charge on any atom is -0.504 e. The van der Waals surface area contributed by atoms with Crippen LogP contribution in [-0.4, -0.2) is 45.7 Å². The largest absolute Gasteiger partial charge is 0.504 e. The third-order valence-corrected chi connectivity index (χ3v) is 7.61. The molecule has 27 heavy (non-hydrogen) atoms. The van der Waals surface area contributed by atoms with Gasteiger partial charge in [0.15, 0.2) is 11.5 Å². The standard InChI is InChI=1S/C22H33NO4/c1-4-15(24)20-22(5-2)18-14(9-10-16(25)19(18)27-20)11-17(21(22,3)26)23-12-13-7-6-8-13/h9-10,13,15,17,20,23-26H,4-8,11-12H2,1-3H3. The molecular weight excluding hydrogens is 342 g/mol. The van der Waals surface area contributed by atoms with E-state index in [9.17, 15) is 15.3 Å². The first-order valence-corrected chi connectivity index (χ1v) is 10.5. The van der Waals surface area contributed by atoms with Gasteiger partial charge in [-0.05, 0) is 63.1 Å². The number of phenolic OH excluding ortho intramolecular Hbond substituents is 1. The number of benzene rings is 1. The van der Waals surface area contributed by atoms with Crippen LogP contribution in [0.4, 0.5) is 0 Å². The van der Waals surface area contributed by atoms with Crippen LogP contribution >= 0.6 is 0 Å². The maximum atomic E-state index is 11.9. The molecule has 4 N–H and O–H groups in total. The van der Waals surface area contributed by atoms with E-state index in [0.29, 0.717) is 30.9 Å². The Labute approximate surface area is 161 Å². The normalized spacial score (nSPS) is 36.0. The quantitative estimate of drug-likeness (QED) is 0.615. The van der Waals surface area contributed by atoms with Crippen molar-refractivity contribution in [3.05, 3.63) is 23.3 Å². The van der Waals surface area contributed by atoms with Crippen LogP contribution in [0.3, 0.4) is 0 Å². The molecule has 1 aromatic rings. The Bertz CT molecular complexity index is 715. The summed E-state index contributed by atoms with van der Waals surface area (Å²) in [6, 6.07) is 3.52. The van der Waals surface area contributed by atoms with Crippen LogP contribution in [0.25, 0.3) is 0 Å². The van der Waals surface area contributed by atoms with Crippen LogP contribution < -0.4 is 10.1 Å². The third-order valence-electron chi connectivity index (χ3n) is 7.61. The SMILES string of the molecule is CCC(O)C1Oc2c(O)ccc3c2C1(CC)C(C)(O)C(NCC1CCC1)C3. The van der Waals surface area contributed by atoms with Crippen molar-refractivity contribution in [1.29, 1.82) is 0 Å². The molecule has 2 aliphatic carbocycles. The van der Waals surface area contributed by atoms with Gasteiger partial charge in [-0.3, -0.25) is 0 Å². The lowest BCUT2D eigenvalue weighted by molar-refractivity contribution is -0.120. The van der Waals surface area contributed by atoms with Crippen molar-refractivity contribution in [3.63, 3.8) is 0 Å². The summed E-state index contributed by atoms with van der Waals surface area (Å²) in [5.41, 5.74) is 0.155. The van der Waals surface area contributed by atoms with Crippen LogP contribution in [0.2, 0.25) is 0 Å². The predicted molar refractivity (Wildman–Crippen MR) is 104 cm³/mol. The molecule has 1 saturated carbocycles. The number of hydrogen-bond acceptors (Lipinski definition) is 5. The molecule has 0 bridgehead atoms. The van der Waals surface area contributed by atoms with Crippen LogP contribution in [0, 0.1) is 5.92 Å². The molecule has 0 radical (unpaired) electrons. The van der Waals surface area contributed by atoms with Gasteiger partial charge >= 0.3 is 0 Å². The highest BCUT2D eigenvalue weighted by atomic mass is 16.5. The first-order chi connectivity index (χ1) is 12.9. The number of rotatable bonds is 6. The lowest BCUT2D eigenvalue weighted by Gasteiger charge is -2.54. The maximum absolute atomic E-state index is 11.9. The molecule has 0 amide bonds. The summed E-state index contributed by atoms with van der Waals surface area (Å²) in [4.78, 5) is 0. The molecule has 5 nitrogen and oxygen atoms in total. The highest BCUT2D eigenvalue weighted by molar-refractivity contribution is 5.61. The first-order valence-electron chi connectivity index (χ1n) is 10.5. The van der Waals surface area contributed by atoms with Gasteiger partial charge in [-0.2, -0.15) is 0 Å². The fraction of sp³-hybridized carbons (Fsp3) is 0.727. The highest BCUT2D eigenvalue weighted by Gasteiger charge is 2.65. The van der Waals surface area contributed by atoms with Crippen LogP contribution in [0.15, 0.2) is 12.1 Å². The summed E-state index contributed by atoms with van der Waals surface area (Å²) < 4.78 is 6.16. The fourth-order valence-corrected chi connectivity index (χ4v) is 5.67. The van der Waals surface area contributed by atoms with Crippen LogP contribution in [0.1, 0.15) is 64.0 Å². The van der Waals surface area contributed by atoms with Gasteiger partial charge in [-0.15, -0.1) is 0 Å². The van der Waals surface area contributed by atoms with E-state index in [1.54, 1.807) is 6.07 Å². The number of aliphatic hydroxyl groups is 2. The molecule has 3 aliphatic rings. The average molecular weight is 376 g/mol. The number of nitrogens with one attached hydrogen (secondary N) is 1. The van der Waals surface area contributed by atoms with Crippen molar-refractivity contribution in [2.75, 3.05) is 6.54 Å². The van der Waals surface area contributed by atoms with E-state index in [4.69, 9.17) is 4.74 Å². The minimum absolute atomic E-state index is 0.0917. The van der Waals surface area contributed by atoms with Gasteiger partial charge in [0.2, 0.25) is 0 Å². The minimum atomic E-state index is -1.10. The molecule has 5 unspecified atom stereocenters. The summed E-state index contributed by atoms with van der Waals surface area (Å²) >= 11 is 0. The highest BCUT2D eigenvalue weighted by Crippen LogP contribution is 2.60. The number of aromatic hydroxyl groups is 1. The molecule has 5 atom stereocenters. The monoisotopic (exact) mass is 375 g/mol. The van der Waals surface area contributed by atoms with Gasteiger partial charge < -0.3 is 25.4 Å². The van der Waals surface area contributed by atoms with Gasteiger partial charge in [0, 0.05) is 11.6 Å². The summed E-state index contributed by atoms with van der Waals surface area (Å²) in [6.45, 7) is 6.77. The molecule has 1 fully saturated rings. The van der Waals surface area contributed by atoms with Gasteiger partial charge in [-0.25, -0.2) is 0 Å². The molecule has 0 spiro atoms.